The lowest BCUT2D eigenvalue weighted by Crippen LogP contribution is -2.06. The van der Waals surface area contributed by atoms with Gasteiger partial charge in [-0.15, -0.1) is 0 Å². The second kappa shape index (κ2) is 3.30. The SMILES string of the molecule is CC1[C@H](O)c2cc3ccccc3cc2[C@@H]1O. The van der Waals surface area contributed by atoms with Crippen molar-refractivity contribution in [1.82, 2.24) is 0 Å². The zero-order valence-electron chi connectivity index (χ0n) is 9.09. The van der Waals surface area contributed by atoms with Crippen molar-refractivity contribution in [3.8, 4) is 0 Å². The van der Waals surface area contributed by atoms with Crippen LogP contribution in [0.3, 0.4) is 0 Å². The van der Waals surface area contributed by atoms with E-state index >= 15 is 0 Å². The molecule has 2 aromatic rings. The first-order chi connectivity index (χ1) is 7.68. The molecule has 2 heteroatoms. The van der Waals surface area contributed by atoms with Crippen molar-refractivity contribution in [2.75, 3.05) is 0 Å². The first-order valence-electron chi connectivity index (χ1n) is 5.57. The van der Waals surface area contributed by atoms with E-state index in [-0.39, 0.29) is 5.92 Å². The molecule has 3 atom stereocenters. The maximum atomic E-state index is 10.0. The molecule has 3 rings (SSSR count). The lowest BCUT2D eigenvalue weighted by Gasteiger charge is -2.11. The molecule has 0 amide bonds. The molecule has 2 nitrogen and oxygen atoms in total. The summed E-state index contributed by atoms with van der Waals surface area (Å²) in [5.74, 6) is -0.119. The molecule has 0 saturated heterocycles. The van der Waals surface area contributed by atoms with Gasteiger partial charge in [0.25, 0.3) is 0 Å². The molecule has 1 unspecified atom stereocenters. The Hall–Kier alpha value is -1.38. The summed E-state index contributed by atoms with van der Waals surface area (Å²) < 4.78 is 0. The minimum Gasteiger partial charge on any atom is -0.388 e. The number of hydrogen-bond acceptors (Lipinski definition) is 2. The van der Waals surface area contributed by atoms with Crippen molar-refractivity contribution in [3.63, 3.8) is 0 Å². The zero-order valence-corrected chi connectivity index (χ0v) is 9.09. The Morgan fingerprint density at radius 2 is 1.31 bits per heavy atom. The molecule has 82 valence electrons. The van der Waals surface area contributed by atoms with Gasteiger partial charge in [-0.2, -0.15) is 0 Å². The fourth-order valence-corrected chi connectivity index (χ4v) is 2.53. The summed E-state index contributed by atoms with van der Waals surface area (Å²) in [6, 6.07) is 12.0. The fourth-order valence-electron chi connectivity index (χ4n) is 2.53. The number of aliphatic hydroxyl groups excluding tert-OH is 2. The van der Waals surface area contributed by atoms with E-state index in [2.05, 4.69) is 0 Å². The molecule has 2 N–H and O–H groups in total. The highest BCUT2D eigenvalue weighted by Gasteiger charge is 2.35. The van der Waals surface area contributed by atoms with Crippen LogP contribution in [0.2, 0.25) is 0 Å². The summed E-state index contributed by atoms with van der Waals surface area (Å²) in [6.45, 7) is 1.88. The van der Waals surface area contributed by atoms with Crippen LogP contribution in [0.4, 0.5) is 0 Å². The topological polar surface area (TPSA) is 40.5 Å². The number of aliphatic hydroxyl groups is 2. The molecule has 0 bridgehead atoms. The van der Waals surface area contributed by atoms with Gasteiger partial charge in [-0.25, -0.2) is 0 Å². The summed E-state index contributed by atoms with van der Waals surface area (Å²) in [7, 11) is 0. The summed E-state index contributed by atoms with van der Waals surface area (Å²) >= 11 is 0. The zero-order chi connectivity index (χ0) is 11.3. The number of fused-ring (bicyclic) bond motifs is 2. The van der Waals surface area contributed by atoms with Crippen LogP contribution in [0.1, 0.15) is 30.3 Å². The molecule has 0 radical (unpaired) electrons. The number of rotatable bonds is 0. The Morgan fingerprint density at radius 3 is 1.75 bits per heavy atom. The molecule has 0 spiro atoms. The van der Waals surface area contributed by atoms with Crippen molar-refractivity contribution in [2.24, 2.45) is 5.92 Å². The molecule has 1 aliphatic rings. The van der Waals surface area contributed by atoms with E-state index in [9.17, 15) is 10.2 Å². The molecule has 2 aromatic carbocycles. The fraction of sp³-hybridized carbons (Fsp3) is 0.286. The second-order valence-electron chi connectivity index (χ2n) is 4.58. The van der Waals surface area contributed by atoms with Gasteiger partial charge in [0.15, 0.2) is 0 Å². The highest BCUT2D eigenvalue weighted by Crippen LogP contribution is 2.44. The van der Waals surface area contributed by atoms with Gasteiger partial charge in [-0.3, -0.25) is 0 Å². The lowest BCUT2D eigenvalue weighted by atomic mass is 10.0. The van der Waals surface area contributed by atoms with Gasteiger partial charge in [-0.05, 0) is 34.0 Å². The quantitative estimate of drug-likeness (QED) is 0.707. The summed E-state index contributed by atoms with van der Waals surface area (Å²) in [5.41, 5.74) is 1.75. The molecule has 16 heavy (non-hydrogen) atoms. The van der Waals surface area contributed by atoms with Gasteiger partial charge < -0.3 is 10.2 Å². The van der Waals surface area contributed by atoms with Crippen LogP contribution >= 0.6 is 0 Å². The minimum absolute atomic E-state index is 0.119. The first-order valence-corrected chi connectivity index (χ1v) is 5.57. The molecular weight excluding hydrogens is 200 g/mol. The predicted molar refractivity (Wildman–Crippen MR) is 63.0 cm³/mol. The van der Waals surface area contributed by atoms with E-state index in [1.54, 1.807) is 0 Å². The third-order valence-electron chi connectivity index (χ3n) is 3.58. The van der Waals surface area contributed by atoms with E-state index in [4.69, 9.17) is 0 Å². The van der Waals surface area contributed by atoms with Crippen molar-refractivity contribution in [1.29, 1.82) is 0 Å². The second-order valence-corrected chi connectivity index (χ2v) is 4.58. The third-order valence-corrected chi connectivity index (χ3v) is 3.58. The summed E-state index contributed by atoms with van der Waals surface area (Å²) in [6.07, 6.45) is -1.09. The first kappa shape index (κ1) is 9.82. The van der Waals surface area contributed by atoms with Crippen molar-refractivity contribution < 1.29 is 10.2 Å². The van der Waals surface area contributed by atoms with Gasteiger partial charge in [0.1, 0.15) is 0 Å². The molecule has 1 aliphatic carbocycles. The van der Waals surface area contributed by atoms with Crippen LogP contribution in [0, 0.1) is 5.92 Å². The van der Waals surface area contributed by atoms with E-state index in [0.29, 0.717) is 0 Å². The third kappa shape index (κ3) is 1.20. The van der Waals surface area contributed by atoms with Gasteiger partial charge >= 0.3 is 0 Å². The van der Waals surface area contributed by atoms with Gasteiger partial charge in [-0.1, -0.05) is 31.2 Å². The van der Waals surface area contributed by atoms with Crippen LogP contribution in [0.15, 0.2) is 36.4 Å². The number of hydrogen-bond donors (Lipinski definition) is 2. The predicted octanol–water partition coefficient (Wildman–Crippen LogP) is 2.56. The number of benzene rings is 2. The van der Waals surface area contributed by atoms with E-state index in [0.717, 1.165) is 21.9 Å². The standard InChI is InChI=1S/C14H14O2/c1-8-13(15)11-6-9-4-2-3-5-10(9)7-12(11)14(8)16/h2-8,13-16H,1H3/t8?,13-,14+. The maximum Gasteiger partial charge on any atom is 0.0847 e. The lowest BCUT2D eigenvalue weighted by molar-refractivity contribution is 0.0453. The molecule has 0 aliphatic heterocycles. The molecule has 0 saturated carbocycles. The van der Waals surface area contributed by atoms with Gasteiger partial charge in [0.2, 0.25) is 0 Å². The summed E-state index contributed by atoms with van der Waals surface area (Å²) in [5, 5.41) is 22.3. The van der Waals surface area contributed by atoms with Gasteiger partial charge in [0.05, 0.1) is 12.2 Å². The van der Waals surface area contributed by atoms with Crippen LogP contribution < -0.4 is 0 Å². The molecular formula is C14H14O2. The van der Waals surface area contributed by atoms with Crippen LogP contribution in [-0.4, -0.2) is 10.2 Å². The van der Waals surface area contributed by atoms with Crippen molar-refractivity contribution in [3.05, 3.63) is 47.5 Å². The monoisotopic (exact) mass is 214 g/mol. The Bertz CT molecular complexity index is 499. The highest BCUT2D eigenvalue weighted by molar-refractivity contribution is 5.84. The molecule has 0 aromatic heterocycles. The Labute approximate surface area is 94.2 Å². The van der Waals surface area contributed by atoms with E-state index < -0.39 is 12.2 Å². The average molecular weight is 214 g/mol. The molecule has 0 heterocycles. The highest BCUT2D eigenvalue weighted by atomic mass is 16.3. The molecule has 0 fully saturated rings. The Balaban J connectivity index is 2.29. The average Bonchev–Trinajstić information content (AvgIpc) is 2.52. The van der Waals surface area contributed by atoms with Gasteiger partial charge in [0, 0.05) is 5.92 Å². The normalized spacial score (nSPS) is 28.3. The van der Waals surface area contributed by atoms with Crippen molar-refractivity contribution >= 4 is 10.8 Å². The van der Waals surface area contributed by atoms with E-state index in [1.807, 2.05) is 43.3 Å². The smallest absolute Gasteiger partial charge is 0.0847 e. The Kier molecular flexibility index (Phi) is 2.03. The van der Waals surface area contributed by atoms with Crippen molar-refractivity contribution in [2.45, 2.75) is 19.1 Å². The minimum atomic E-state index is -0.547. The maximum absolute atomic E-state index is 10.0. The Morgan fingerprint density at radius 1 is 0.875 bits per heavy atom. The largest absolute Gasteiger partial charge is 0.388 e. The van der Waals surface area contributed by atoms with E-state index in [1.165, 1.54) is 0 Å². The van der Waals surface area contributed by atoms with Crippen LogP contribution in [-0.2, 0) is 0 Å². The van der Waals surface area contributed by atoms with Crippen LogP contribution in [0.5, 0.6) is 0 Å². The summed E-state index contributed by atoms with van der Waals surface area (Å²) in [4.78, 5) is 0. The van der Waals surface area contributed by atoms with Crippen LogP contribution in [0.25, 0.3) is 10.8 Å².